The van der Waals surface area contributed by atoms with Crippen LogP contribution in [0.3, 0.4) is 0 Å². The first-order valence-corrected chi connectivity index (χ1v) is 11.8. The maximum atomic E-state index is 13.0. The van der Waals surface area contributed by atoms with E-state index in [0.717, 1.165) is 14.2 Å². The van der Waals surface area contributed by atoms with Gasteiger partial charge in [0.05, 0.1) is 16.1 Å². The molecule has 8 nitrogen and oxygen atoms in total. The Balaban J connectivity index is 1.63. The van der Waals surface area contributed by atoms with Crippen molar-refractivity contribution in [3.05, 3.63) is 71.9 Å². The zero-order valence-corrected chi connectivity index (χ0v) is 19.2. The van der Waals surface area contributed by atoms with Crippen LogP contribution in [-0.2, 0) is 10.0 Å². The van der Waals surface area contributed by atoms with Crippen molar-refractivity contribution in [2.24, 2.45) is 0 Å². The SMILES string of the molecule is CN1C(=O)c2cc(NC(=O)c3cccc(S(=O)(=O)N(C)C)c3)ccc2Sc2ncccc21. The van der Waals surface area contributed by atoms with E-state index in [9.17, 15) is 18.0 Å². The van der Waals surface area contributed by atoms with Gasteiger partial charge in [-0.1, -0.05) is 17.8 Å². The van der Waals surface area contributed by atoms with Crippen molar-refractivity contribution in [2.45, 2.75) is 14.8 Å². The number of nitrogens with one attached hydrogen (secondary N) is 1. The molecule has 0 aliphatic carbocycles. The van der Waals surface area contributed by atoms with Crippen molar-refractivity contribution in [1.29, 1.82) is 0 Å². The number of hydrogen-bond donors (Lipinski definition) is 1. The van der Waals surface area contributed by atoms with Crippen molar-refractivity contribution in [1.82, 2.24) is 9.29 Å². The van der Waals surface area contributed by atoms with Gasteiger partial charge in [-0.25, -0.2) is 17.7 Å². The highest BCUT2D eigenvalue weighted by atomic mass is 32.2. The number of amides is 2. The summed E-state index contributed by atoms with van der Waals surface area (Å²) < 4.78 is 25.8. The number of sulfonamides is 1. The van der Waals surface area contributed by atoms with Crippen molar-refractivity contribution in [3.8, 4) is 0 Å². The molecule has 2 aromatic carbocycles. The molecule has 0 bridgehead atoms. The Morgan fingerprint density at radius 1 is 1.09 bits per heavy atom. The Labute approximate surface area is 190 Å². The third-order valence-corrected chi connectivity index (χ3v) is 7.86. The van der Waals surface area contributed by atoms with Crippen LogP contribution in [0.1, 0.15) is 20.7 Å². The smallest absolute Gasteiger partial charge is 0.259 e. The molecule has 0 saturated heterocycles. The minimum absolute atomic E-state index is 0.0237. The third kappa shape index (κ3) is 3.99. The minimum atomic E-state index is -3.67. The van der Waals surface area contributed by atoms with Crippen molar-refractivity contribution < 1.29 is 18.0 Å². The fourth-order valence-corrected chi connectivity index (χ4v) is 5.16. The molecule has 1 aromatic heterocycles. The lowest BCUT2D eigenvalue weighted by molar-refractivity contribution is 0.0987. The molecule has 2 heterocycles. The molecule has 1 N–H and O–H groups in total. The Morgan fingerprint density at radius 3 is 2.62 bits per heavy atom. The standard InChI is InChI=1S/C22H20N4O4S2/c1-25(2)32(29,30)16-7-4-6-14(12-16)20(27)24-15-9-10-19-17(13-15)22(28)26(3)18-8-5-11-23-21(18)31-19/h4-13H,1-3H3,(H,24,27). The summed E-state index contributed by atoms with van der Waals surface area (Å²) in [6, 6.07) is 14.5. The van der Waals surface area contributed by atoms with E-state index < -0.39 is 15.9 Å². The Bertz CT molecular complexity index is 1340. The van der Waals surface area contributed by atoms with Crippen LogP contribution >= 0.6 is 11.8 Å². The Kier molecular flexibility index (Phi) is 5.76. The van der Waals surface area contributed by atoms with Crippen LogP contribution in [0.5, 0.6) is 0 Å². The van der Waals surface area contributed by atoms with Crippen molar-refractivity contribution >= 4 is 45.0 Å². The van der Waals surface area contributed by atoms with Crippen LogP contribution in [0.25, 0.3) is 0 Å². The predicted octanol–water partition coefficient (Wildman–Crippen LogP) is 3.33. The number of carbonyl (C=O) groups is 2. The van der Waals surface area contributed by atoms with Gasteiger partial charge in [-0.15, -0.1) is 0 Å². The molecule has 0 radical (unpaired) electrons. The van der Waals surface area contributed by atoms with Gasteiger partial charge in [0, 0.05) is 43.5 Å². The number of benzene rings is 2. The first kappa shape index (κ1) is 22.0. The lowest BCUT2D eigenvalue weighted by atomic mass is 10.1. The first-order chi connectivity index (χ1) is 15.2. The zero-order chi connectivity index (χ0) is 23.0. The lowest BCUT2D eigenvalue weighted by Crippen LogP contribution is -2.26. The molecule has 4 rings (SSSR count). The molecule has 0 saturated carbocycles. The summed E-state index contributed by atoms with van der Waals surface area (Å²) in [7, 11) is 0.870. The summed E-state index contributed by atoms with van der Waals surface area (Å²) in [4.78, 5) is 32.5. The largest absolute Gasteiger partial charge is 0.322 e. The number of pyridine rings is 1. The van der Waals surface area contributed by atoms with Crippen LogP contribution in [-0.4, -0.2) is 50.7 Å². The molecule has 2 amide bonds. The fraction of sp³-hybridized carbons (Fsp3) is 0.136. The van der Waals surface area contributed by atoms with E-state index in [0.29, 0.717) is 16.9 Å². The van der Waals surface area contributed by atoms with Gasteiger partial charge in [0.1, 0.15) is 5.03 Å². The molecule has 164 valence electrons. The highest BCUT2D eigenvalue weighted by molar-refractivity contribution is 7.99. The second-order valence-corrected chi connectivity index (χ2v) is 10.5. The zero-order valence-electron chi connectivity index (χ0n) is 17.6. The fourth-order valence-electron chi connectivity index (χ4n) is 3.19. The van der Waals surface area contributed by atoms with Crippen LogP contribution < -0.4 is 10.2 Å². The normalized spacial score (nSPS) is 13.4. The number of aromatic nitrogens is 1. The second kappa shape index (κ2) is 8.38. The average Bonchev–Trinajstić information content (AvgIpc) is 2.89. The van der Waals surface area contributed by atoms with E-state index in [4.69, 9.17) is 0 Å². The average molecular weight is 469 g/mol. The van der Waals surface area contributed by atoms with Gasteiger partial charge in [-0.3, -0.25) is 9.59 Å². The van der Waals surface area contributed by atoms with Gasteiger partial charge >= 0.3 is 0 Å². The van der Waals surface area contributed by atoms with E-state index in [1.165, 1.54) is 55.0 Å². The topological polar surface area (TPSA) is 99.7 Å². The summed E-state index contributed by atoms with van der Waals surface area (Å²) >= 11 is 1.38. The number of fused-ring (bicyclic) bond motifs is 2. The molecule has 0 spiro atoms. The molecule has 0 fully saturated rings. The summed E-state index contributed by atoms with van der Waals surface area (Å²) in [6.45, 7) is 0. The molecule has 3 aromatic rings. The number of nitrogens with zero attached hydrogens (tertiary/aromatic N) is 3. The summed E-state index contributed by atoms with van der Waals surface area (Å²) in [5, 5.41) is 3.47. The summed E-state index contributed by atoms with van der Waals surface area (Å²) in [5.74, 6) is -0.692. The van der Waals surface area contributed by atoms with Crippen molar-refractivity contribution in [2.75, 3.05) is 31.4 Å². The van der Waals surface area contributed by atoms with Gasteiger partial charge in [0.2, 0.25) is 10.0 Å². The van der Waals surface area contributed by atoms with E-state index in [2.05, 4.69) is 10.3 Å². The molecular weight excluding hydrogens is 448 g/mol. The van der Waals surface area contributed by atoms with E-state index in [1.807, 2.05) is 6.07 Å². The van der Waals surface area contributed by atoms with E-state index >= 15 is 0 Å². The van der Waals surface area contributed by atoms with Crippen molar-refractivity contribution in [3.63, 3.8) is 0 Å². The predicted molar refractivity (Wildman–Crippen MR) is 123 cm³/mol. The quantitative estimate of drug-likeness (QED) is 0.631. The van der Waals surface area contributed by atoms with Crippen LogP contribution in [0, 0.1) is 0 Å². The number of carbonyl (C=O) groups excluding carboxylic acids is 2. The molecule has 1 aliphatic rings. The molecule has 32 heavy (non-hydrogen) atoms. The highest BCUT2D eigenvalue weighted by Crippen LogP contribution is 2.40. The van der Waals surface area contributed by atoms with Gasteiger partial charge in [0.15, 0.2) is 0 Å². The van der Waals surface area contributed by atoms with Gasteiger partial charge < -0.3 is 10.2 Å². The second-order valence-electron chi connectivity index (χ2n) is 7.27. The maximum absolute atomic E-state index is 13.0. The van der Waals surface area contributed by atoms with E-state index in [1.54, 1.807) is 37.5 Å². The highest BCUT2D eigenvalue weighted by Gasteiger charge is 2.26. The maximum Gasteiger partial charge on any atom is 0.259 e. The Morgan fingerprint density at radius 2 is 1.88 bits per heavy atom. The number of rotatable bonds is 4. The van der Waals surface area contributed by atoms with Crippen LogP contribution in [0.4, 0.5) is 11.4 Å². The van der Waals surface area contributed by atoms with Crippen LogP contribution in [0.2, 0.25) is 0 Å². The lowest BCUT2D eigenvalue weighted by Gasteiger charge is -2.16. The van der Waals surface area contributed by atoms with Crippen LogP contribution in [0.15, 0.2) is 75.6 Å². The molecule has 10 heteroatoms. The molecule has 0 atom stereocenters. The summed E-state index contributed by atoms with van der Waals surface area (Å²) in [5.41, 5.74) is 1.77. The molecular formula is C22H20N4O4S2. The number of anilines is 2. The van der Waals surface area contributed by atoms with Gasteiger partial charge in [-0.05, 0) is 48.5 Å². The molecule has 0 unspecified atom stereocenters. The number of hydrogen-bond acceptors (Lipinski definition) is 6. The third-order valence-electron chi connectivity index (χ3n) is 4.97. The Hall–Kier alpha value is -3.21. The minimum Gasteiger partial charge on any atom is -0.322 e. The molecule has 1 aliphatic heterocycles. The van der Waals surface area contributed by atoms with Gasteiger partial charge in [-0.2, -0.15) is 0 Å². The first-order valence-electron chi connectivity index (χ1n) is 9.57. The van der Waals surface area contributed by atoms with Gasteiger partial charge in [0.25, 0.3) is 11.8 Å². The monoisotopic (exact) mass is 468 g/mol. The summed E-state index contributed by atoms with van der Waals surface area (Å²) in [6.07, 6.45) is 1.67. The van der Waals surface area contributed by atoms with E-state index in [-0.39, 0.29) is 16.4 Å².